The van der Waals surface area contributed by atoms with Crippen LogP contribution in [0.4, 0.5) is 0 Å². The molecule has 5 nitrogen and oxygen atoms in total. The van der Waals surface area contributed by atoms with Crippen LogP contribution in [-0.4, -0.2) is 64.2 Å². The van der Waals surface area contributed by atoms with Crippen LogP contribution in [0.3, 0.4) is 0 Å². The molecule has 4 bridgehead atoms. The fraction of sp³-hybridized carbons (Fsp3) is 0.583. The molecule has 0 atom stereocenters. The van der Waals surface area contributed by atoms with Gasteiger partial charge in [-0.2, -0.15) is 0 Å². The molecule has 0 aliphatic carbocycles. The Bertz CT molecular complexity index is 465. The number of halogens is 2. The summed E-state index contributed by atoms with van der Waals surface area (Å²) in [5, 5.41) is 0.967. The second-order valence-electron chi connectivity index (χ2n) is 5.98. The Kier molecular flexibility index (Phi) is 2.78. The van der Waals surface area contributed by atoms with Gasteiger partial charge >= 0.3 is 0 Å². The molecule has 0 unspecified atom stereocenters. The third kappa shape index (κ3) is 2.24. The van der Waals surface area contributed by atoms with Crippen LogP contribution in [0.5, 0.6) is 0 Å². The lowest BCUT2D eigenvalue weighted by molar-refractivity contribution is -0.991. The SMILES string of the molecule is Clc1cc(C[N+]23CN4CN(CN(C4)C2)C3)cc(Cl)n1. The van der Waals surface area contributed by atoms with E-state index in [1.807, 2.05) is 12.1 Å². The largest absolute Gasteiger partial charge is 0.282 e. The van der Waals surface area contributed by atoms with Gasteiger partial charge in [0.25, 0.3) is 0 Å². The van der Waals surface area contributed by atoms with Gasteiger partial charge in [0.2, 0.25) is 0 Å². The molecule has 0 aromatic carbocycles. The summed E-state index contributed by atoms with van der Waals surface area (Å²) in [6, 6.07) is 3.87. The molecule has 0 amide bonds. The predicted octanol–water partition coefficient (Wildman–Crippen LogP) is 1.40. The maximum atomic E-state index is 6.00. The van der Waals surface area contributed by atoms with Gasteiger partial charge in [-0.1, -0.05) is 23.2 Å². The van der Waals surface area contributed by atoms with Crippen LogP contribution in [0.15, 0.2) is 12.1 Å². The van der Waals surface area contributed by atoms with E-state index in [1.165, 1.54) is 5.56 Å². The molecule has 19 heavy (non-hydrogen) atoms. The topological polar surface area (TPSA) is 22.6 Å². The molecule has 0 N–H and O–H groups in total. The molecule has 4 fully saturated rings. The number of nitrogens with zero attached hydrogens (tertiary/aromatic N) is 5. The van der Waals surface area contributed by atoms with Gasteiger partial charge in [-0.25, -0.2) is 19.7 Å². The lowest BCUT2D eigenvalue weighted by atomic mass is 10.2. The van der Waals surface area contributed by atoms with Crippen molar-refractivity contribution >= 4 is 23.2 Å². The lowest BCUT2D eigenvalue weighted by Crippen LogP contribution is -2.78. The molecule has 5 rings (SSSR count). The highest BCUT2D eigenvalue weighted by molar-refractivity contribution is 6.32. The van der Waals surface area contributed by atoms with Crippen LogP contribution in [0, 0.1) is 0 Å². The quantitative estimate of drug-likeness (QED) is 0.608. The zero-order valence-corrected chi connectivity index (χ0v) is 12.1. The Hall–Kier alpha value is -0.430. The monoisotopic (exact) mass is 300 g/mol. The Labute approximate surface area is 122 Å². The minimum atomic E-state index is 0.484. The fourth-order valence-electron chi connectivity index (χ4n) is 3.80. The first kappa shape index (κ1) is 12.3. The van der Waals surface area contributed by atoms with E-state index < -0.39 is 0 Å². The number of aromatic nitrogens is 1. The molecule has 4 aliphatic rings. The van der Waals surface area contributed by atoms with Gasteiger partial charge in [0.05, 0.1) is 20.0 Å². The highest BCUT2D eigenvalue weighted by Crippen LogP contribution is 2.31. The average molecular weight is 301 g/mol. The minimum absolute atomic E-state index is 0.484. The highest BCUT2D eigenvalue weighted by Gasteiger charge is 2.48. The fourth-order valence-corrected chi connectivity index (χ4v) is 4.31. The van der Waals surface area contributed by atoms with Gasteiger partial charge in [0, 0.05) is 5.56 Å². The van der Waals surface area contributed by atoms with Crippen molar-refractivity contribution < 1.29 is 4.48 Å². The predicted molar refractivity (Wildman–Crippen MR) is 72.9 cm³/mol. The third-order valence-corrected chi connectivity index (χ3v) is 4.43. The summed E-state index contributed by atoms with van der Waals surface area (Å²) in [7, 11) is 0. The van der Waals surface area contributed by atoms with Crippen molar-refractivity contribution in [2.45, 2.75) is 6.54 Å². The van der Waals surface area contributed by atoms with Crippen LogP contribution in [-0.2, 0) is 6.54 Å². The van der Waals surface area contributed by atoms with Crippen LogP contribution in [0.25, 0.3) is 0 Å². The van der Waals surface area contributed by atoms with Gasteiger partial charge in [0.15, 0.2) is 0 Å². The molecule has 1 aromatic heterocycles. The van der Waals surface area contributed by atoms with Crippen molar-refractivity contribution in [3.05, 3.63) is 28.0 Å². The van der Waals surface area contributed by atoms with Crippen LogP contribution >= 0.6 is 23.2 Å². The molecule has 0 radical (unpaired) electrons. The molecule has 5 heterocycles. The molecule has 4 saturated heterocycles. The van der Waals surface area contributed by atoms with E-state index in [9.17, 15) is 0 Å². The third-order valence-electron chi connectivity index (χ3n) is 4.04. The van der Waals surface area contributed by atoms with Crippen molar-refractivity contribution in [3.8, 4) is 0 Å². The number of hydrogen-bond acceptors (Lipinski definition) is 4. The summed E-state index contributed by atoms with van der Waals surface area (Å²) >= 11 is 12.0. The van der Waals surface area contributed by atoms with E-state index in [2.05, 4.69) is 19.7 Å². The maximum absolute atomic E-state index is 6.00. The maximum Gasteiger partial charge on any atom is 0.139 e. The Morgan fingerprint density at radius 1 is 0.947 bits per heavy atom. The molecule has 4 aliphatic heterocycles. The van der Waals surface area contributed by atoms with Gasteiger partial charge in [-0.05, 0) is 12.1 Å². The molecule has 1 aromatic rings. The lowest BCUT2D eigenvalue weighted by Gasteiger charge is -2.60. The number of rotatable bonds is 2. The first-order valence-corrected chi connectivity index (χ1v) is 7.20. The van der Waals surface area contributed by atoms with E-state index in [-0.39, 0.29) is 0 Å². The van der Waals surface area contributed by atoms with E-state index >= 15 is 0 Å². The number of quaternary nitrogens is 1. The van der Waals surface area contributed by atoms with Gasteiger partial charge < -0.3 is 0 Å². The van der Waals surface area contributed by atoms with Gasteiger partial charge in [0.1, 0.15) is 36.9 Å². The zero-order chi connectivity index (χ0) is 13.0. The van der Waals surface area contributed by atoms with Crippen molar-refractivity contribution in [1.82, 2.24) is 19.7 Å². The second-order valence-corrected chi connectivity index (χ2v) is 6.76. The molecule has 0 saturated carbocycles. The summed E-state index contributed by atoms with van der Waals surface area (Å²) < 4.78 is 1.05. The average Bonchev–Trinajstić information content (AvgIpc) is 2.23. The van der Waals surface area contributed by atoms with E-state index in [0.717, 1.165) is 51.0 Å². The van der Waals surface area contributed by atoms with E-state index in [0.29, 0.717) is 10.3 Å². The summed E-state index contributed by atoms with van der Waals surface area (Å²) in [6.45, 7) is 7.63. The summed E-state index contributed by atoms with van der Waals surface area (Å²) in [5.74, 6) is 0. The number of hydrogen-bond donors (Lipinski definition) is 0. The minimum Gasteiger partial charge on any atom is -0.282 e. The Balaban J connectivity index is 1.62. The Morgan fingerprint density at radius 2 is 1.42 bits per heavy atom. The van der Waals surface area contributed by atoms with E-state index in [4.69, 9.17) is 23.2 Å². The Morgan fingerprint density at radius 3 is 1.89 bits per heavy atom. The van der Waals surface area contributed by atoms with Crippen LogP contribution in [0.2, 0.25) is 10.3 Å². The van der Waals surface area contributed by atoms with Crippen LogP contribution in [0.1, 0.15) is 5.56 Å². The molecule has 102 valence electrons. The first-order chi connectivity index (χ1) is 9.10. The van der Waals surface area contributed by atoms with Gasteiger partial charge in [-0.3, -0.25) is 4.48 Å². The van der Waals surface area contributed by atoms with Crippen LogP contribution < -0.4 is 0 Å². The molecular formula is C12H16Cl2N5+. The summed E-state index contributed by atoms with van der Waals surface area (Å²) in [6.07, 6.45) is 0. The van der Waals surface area contributed by atoms with Crippen molar-refractivity contribution in [2.24, 2.45) is 0 Å². The molecule has 0 spiro atoms. The second kappa shape index (κ2) is 4.28. The summed E-state index contributed by atoms with van der Waals surface area (Å²) in [5.41, 5.74) is 1.18. The highest BCUT2D eigenvalue weighted by atomic mass is 35.5. The summed E-state index contributed by atoms with van der Waals surface area (Å²) in [4.78, 5) is 11.5. The first-order valence-electron chi connectivity index (χ1n) is 6.44. The van der Waals surface area contributed by atoms with E-state index in [1.54, 1.807) is 0 Å². The van der Waals surface area contributed by atoms with Crippen molar-refractivity contribution in [3.63, 3.8) is 0 Å². The molecule has 7 heteroatoms. The number of pyridine rings is 1. The normalized spacial score (nSPS) is 39.8. The zero-order valence-electron chi connectivity index (χ0n) is 10.6. The molecular weight excluding hydrogens is 285 g/mol. The van der Waals surface area contributed by atoms with Crippen molar-refractivity contribution in [2.75, 3.05) is 40.0 Å². The van der Waals surface area contributed by atoms with Crippen molar-refractivity contribution in [1.29, 1.82) is 0 Å². The smallest absolute Gasteiger partial charge is 0.139 e. The van der Waals surface area contributed by atoms with Gasteiger partial charge in [-0.15, -0.1) is 0 Å². The standard InChI is InChI=1S/C12H16Cl2N5/c13-11-1-10(2-12(14)15-11)3-19-7-16-4-17(8-19)6-18(5-16)9-19/h1-2H,3-9H2/q+1.